The van der Waals surface area contributed by atoms with Crippen molar-refractivity contribution in [3.63, 3.8) is 0 Å². The van der Waals surface area contributed by atoms with Crippen LogP contribution in [0.3, 0.4) is 0 Å². The van der Waals surface area contributed by atoms with Gasteiger partial charge >= 0.3 is 6.03 Å². The Balaban J connectivity index is 1.51. The van der Waals surface area contributed by atoms with Crippen LogP contribution in [0.15, 0.2) is 23.7 Å². The normalized spacial score (nSPS) is 14.0. The number of hydrogen-bond donors (Lipinski definition) is 2. The Morgan fingerprint density at radius 2 is 2.39 bits per heavy atom. The van der Waals surface area contributed by atoms with Gasteiger partial charge in [0.1, 0.15) is 0 Å². The minimum atomic E-state index is -0.0755. The Morgan fingerprint density at radius 3 is 3.26 bits per heavy atom. The number of nitrogens with zero attached hydrogens (tertiary/aromatic N) is 3. The lowest BCUT2D eigenvalue weighted by molar-refractivity contribution is 0.206. The predicted octanol–water partition coefficient (Wildman–Crippen LogP) is 3.17. The molecule has 1 aromatic carbocycles. The molecule has 3 heterocycles. The number of anilines is 1. The summed E-state index contributed by atoms with van der Waals surface area (Å²) in [6.07, 6.45) is 1.70. The lowest BCUT2D eigenvalue weighted by atomic mass is 10.0. The third kappa shape index (κ3) is 2.57. The van der Waals surface area contributed by atoms with Gasteiger partial charge in [-0.05, 0) is 24.6 Å². The van der Waals surface area contributed by atoms with Gasteiger partial charge in [-0.2, -0.15) is 5.10 Å². The summed E-state index contributed by atoms with van der Waals surface area (Å²) in [5.41, 5.74) is 6.90. The van der Waals surface area contributed by atoms with Crippen LogP contribution < -0.4 is 5.32 Å². The second-order valence-corrected chi connectivity index (χ2v) is 6.50. The summed E-state index contributed by atoms with van der Waals surface area (Å²) in [7, 11) is 0. The summed E-state index contributed by atoms with van der Waals surface area (Å²) in [6.45, 7) is 3.39. The number of aryl methyl sites for hydroxylation is 1. The van der Waals surface area contributed by atoms with E-state index in [0.29, 0.717) is 13.1 Å². The minimum Gasteiger partial charge on any atom is -0.320 e. The summed E-state index contributed by atoms with van der Waals surface area (Å²) >= 11 is 1.60. The Bertz CT molecular complexity index is 855. The van der Waals surface area contributed by atoms with Crippen molar-refractivity contribution >= 4 is 33.3 Å². The molecule has 0 unspecified atom stereocenters. The first-order chi connectivity index (χ1) is 11.2. The largest absolute Gasteiger partial charge is 0.322 e. The highest BCUT2D eigenvalue weighted by atomic mass is 32.1. The standard InChI is InChI=1S/C16H17N5OS/c1-2-12-11-8-21(6-5-13(11)20-19-12)16(22)18-10-3-4-15-14(7-10)17-9-23-15/h3-4,7,9H,2,5-6,8H2,1H3,(H,18,22)(H,19,20). The molecular formula is C16H17N5OS. The number of rotatable bonds is 2. The van der Waals surface area contributed by atoms with Gasteiger partial charge in [0, 0.05) is 29.9 Å². The van der Waals surface area contributed by atoms with E-state index >= 15 is 0 Å². The number of fused-ring (bicyclic) bond motifs is 2. The van der Waals surface area contributed by atoms with Gasteiger partial charge < -0.3 is 10.2 Å². The number of nitrogens with one attached hydrogen (secondary N) is 2. The highest BCUT2D eigenvalue weighted by Crippen LogP contribution is 2.24. The van der Waals surface area contributed by atoms with Gasteiger partial charge in [0.25, 0.3) is 0 Å². The van der Waals surface area contributed by atoms with Crippen LogP contribution in [-0.4, -0.2) is 32.7 Å². The first kappa shape index (κ1) is 14.2. The van der Waals surface area contributed by atoms with Gasteiger partial charge in [-0.1, -0.05) is 6.92 Å². The number of aromatic amines is 1. The van der Waals surface area contributed by atoms with Crippen molar-refractivity contribution in [1.82, 2.24) is 20.1 Å². The van der Waals surface area contributed by atoms with Crippen LogP contribution in [0.4, 0.5) is 10.5 Å². The van der Waals surface area contributed by atoms with E-state index in [1.165, 1.54) is 5.56 Å². The van der Waals surface area contributed by atoms with Gasteiger partial charge in [-0.3, -0.25) is 5.10 Å². The van der Waals surface area contributed by atoms with E-state index in [4.69, 9.17) is 0 Å². The van der Waals surface area contributed by atoms with E-state index in [0.717, 1.165) is 40.1 Å². The number of aromatic nitrogens is 3. The van der Waals surface area contributed by atoms with E-state index in [2.05, 4.69) is 27.4 Å². The average molecular weight is 327 g/mol. The van der Waals surface area contributed by atoms with Crippen molar-refractivity contribution in [2.45, 2.75) is 26.3 Å². The highest BCUT2D eigenvalue weighted by molar-refractivity contribution is 7.16. The first-order valence-corrected chi connectivity index (χ1v) is 8.56. The summed E-state index contributed by atoms with van der Waals surface area (Å²) < 4.78 is 1.12. The molecule has 4 rings (SSSR count). The van der Waals surface area contributed by atoms with Gasteiger partial charge in [-0.15, -0.1) is 11.3 Å². The Kier molecular flexibility index (Phi) is 3.49. The molecule has 1 aliphatic heterocycles. The number of carbonyl (C=O) groups is 1. The summed E-state index contributed by atoms with van der Waals surface area (Å²) in [5.74, 6) is 0. The topological polar surface area (TPSA) is 73.9 Å². The lowest BCUT2D eigenvalue weighted by Crippen LogP contribution is -2.39. The molecule has 0 saturated heterocycles. The molecule has 0 atom stereocenters. The number of H-pyrrole nitrogens is 1. The van der Waals surface area contributed by atoms with E-state index in [1.807, 2.05) is 28.6 Å². The molecule has 1 aliphatic rings. The van der Waals surface area contributed by atoms with Gasteiger partial charge in [-0.25, -0.2) is 9.78 Å². The highest BCUT2D eigenvalue weighted by Gasteiger charge is 2.24. The van der Waals surface area contributed by atoms with Crippen LogP contribution in [-0.2, 0) is 19.4 Å². The van der Waals surface area contributed by atoms with Gasteiger partial charge in [0.2, 0.25) is 0 Å². The molecule has 0 bridgehead atoms. The number of benzene rings is 1. The van der Waals surface area contributed by atoms with E-state index in [-0.39, 0.29) is 6.03 Å². The van der Waals surface area contributed by atoms with Crippen molar-refractivity contribution in [3.05, 3.63) is 40.7 Å². The summed E-state index contributed by atoms with van der Waals surface area (Å²) in [5, 5.41) is 10.4. The fourth-order valence-corrected chi connectivity index (χ4v) is 3.62. The van der Waals surface area contributed by atoms with Crippen LogP contribution in [0.2, 0.25) is 0 Å². The molecule has 2 amide bonds. The SMILES string of the molecule is CCc1n[nH]c2c1CN(C(=O)Nc1ccc3scnc3c1)CC2. The van der Waals surface area contributed by atoms with Crippen LogP contribution in [0.25, 0.3) is 10.2 Å². The third-order valence-electron chi connectivity index (χ3n) is 4.22. The predicted molar refractivity (Wildman–Crippen MR) is 90.7 cm³/mol. The maximum Gasteiger partial charge on any atom is 0.322 e. The maximum absolute atomic E-state index is 12.5. The molecule has 6 nitrogen and oxygen atoms in total. The zero-order valence-electron chi connectivity index (χ0n) is 12.8. The van der Waals surface area contributed by atoms with Crippen molar-refractivity contribution in [1.29, 1.82) is 0 Å². The van der Waals surface area contributed by atoms with Crippen LogP contribution in [0.1, 0.15) is 23.9 Å². The zero-order chi connectivity index (χ0) is 15.8. The number of urea groups is 1. The van der Waals surface area contributed by atoms with Crippen molar-refractivity contribution in [2.75, 3.05) is 11.9 Å². The van der Waals surface area contributed by atoms with Crippen molar-refractivity contribution in [2.24, 2.45) is 0 Å². The molecule has 118 valence electrons. The molecule has 7 heteroatoms. The summed E-state index contributed by atoms with van der Waals surface area (Å²) in [6, 6.07) is 5.74. The molecular weight excluding hydrogens is 310 g/mol. The third-order valence-corrected chi connectivity index (χ3v) is 5.03. The number of thiazole rings is 1. The molecule has 2 aromatic heterocycles. The second kappa shape index (κ2) is 5.66. The second-order valence-electron chi connectivity index (χ2n) is 5.62. The van der Waals surface area contributed by atoms with Crippen LogP contribution in [0, 0.1) is 0 Å². The van der Waals surface area contributed by atoms with Crippen LogP contribution in [0.5, 0.6) is 0 Å². The first-order valence-electron chi connectivity index (χ1n) is 7.68. The molecule has 2 N–H and O–H groups in total. The van der Waals surface area contributed by atoms with Crippen molar-refractivity contribution < 1.29 is 4.79 Å². The Hall–Kier alpha value is -2.41. The van der Waals surface area contributed by atoms with Gasteiger partial charge in [0.15, 0.2) is 0 Å². The zero-order valence-corrected chi connectivity index (χ0v) is 13.6. The lowest BCUT2D eigenvalue weighted by Gasteiger charge is -2.27. The van der Waals surface area contributed by atoms with Gasteiger partial charge in [0.05, 0.1) is 28.0 Å². The fraction of sp³-hybridized carbons (Fsp3) is 0.312. The fourth-order valence-electron chi connectivity index (χ4n) is 2.96. The molecule has 0 aliphatic carbocycles. The monoisotopic (exact) mass is 327 g/mol. The number of carbonyl (C=O) groups excluding carboxylic acids is 1. The smallest absolute Gasteiger partial charge is 0.320 e. The average Bonchev–Trinajstić information content (AvgIpc) is 3.19. The molecule has 0 fully saturated rings. The molecule has 0 radical (unpaired) electrons. The van der Waals surface area contributed by atoms with Crippen molar-refractivity contribution in [3.8, 4) is 0 Å². The minimum absolute atomic E-state index is 0.0755. The van der Waals surface area contributed by atoms with Crippen LogP contribution >= 0.6 is 11.3 Å². The Morgan fingerprint density at radius 1 is 1.48 bits per heavy atom. The Labute approximate surface area is 137 Å². The number of hydrogen-bond acceptors (Lipinski definition) is 4. The molecule has 23 heavy (non-hydrogen) atoms. The molecule has 0 saturated carbocycles. The molecule has 0 spiro atoms. The quantitative estimate of drug-likeness (QED) is 0.759. The maximum atomic E-state index is 12.5. The van der Waals surface area contributed by atoms with E-state index in [9.17, 15) is 4.79 Å². The van der Waals surface area contributed by atoms with E-state index < -0.39 is 0 Å². The van der Waals surface area contributed by atoms with E-state index in [1.54, 1.807) is 11.3 Å². The molecule has 3 aromatic rings. The summed E-state index contributed by atoms with van der Waals surface area (Å²) in [4.78, 5) is 18.7. The number of amides is 2.